The van der Waals surface area contributed by atoms with E-state index in [1.807, 2.05) is 0 Å². The van der Waals surface area contributed by atoms with Gasteiger partial charge in [0.15, 0.2) is 0 Å². The van der Waals surface area contributed by atoms with Crippen LogP contribution >= 0.6 is 0 Å². The molecule has 1 atom stereocenters. The van der Waals surface area contributed by atoms with Crippen LogP contribution in [0.15, 0.2) is 42.0 Å². The van der Waals surface area contributed by atoms with E-state index in [1.165, 1.54) is 11.1 Å². The van der Waals surface area contributed by atoms with Gasteiger partial charge in [0.05, 0.1) is 0 Å². The van der Waals surface area contributed by atoms with Gasteiger partial charge < -0.3 is 5.32 Å². The Balaban J connectivity index is 1.95. The number of rotatable bonds is 3. The minimum absolute atomic E-state index is 0.482. The van der Waals surface area contributed by atoms with Crippen LogP contribution in [0.2, 0.25) is 0 Å². The van der Waals surface area contributed by atoms with Crippen LogP contribution in [0.5, 0.6) is 0 Å². The maximum atomic E-state index is 3.59. The van der Waals surface area contributed by atoms with Crippen LogP contribution in [0.1, 0.15) is 25.5 Å². The van der Waals surface area contributed by atoms with Crippen molar-refractivity contribution in [3.05, 3.63) is 47.5 Å². The van der Waals surface area contributed by atoms with E-state index >= 15 is 0 Å². The van der Waals surface area contributed by atoms with E-state index in [0.29, 0.717) is 6.04 Å². The van der Waals surface area contributed by atoms with Gasteiger partial charge in [-0.3, -0.25) is 4.90 Å². The summed E-state index contributed by atoms with van der Waals surface area (Å²) in [4.78, 5) is 2.52. The second-order valence-electron chi connectivity index (χ2n) is 4.96. The van der Waals surface area contributed by atoms with Crippen LogP contribution in [0.3, 0.4) is 0 Å². The van der Waals surface area contributed by atoms with Crippen LogP contribution in [0.25, 0.3) is 0 Å². The summed E-state index contributed by atoms with van der Waals surface area (Å²) in [5, 5.41) is 3.59. The lowest BCUT2D eigenvalue weighted by atomic mass is 10.0. The third-order valence-corrected chi connectivity index (χ3v) is 3.22. The highest BCUT2D eigenvalue weighted by Gasteiger charge is 2.19. The van der Waals surface area contributed by atoms with Crippen molar-refractivity contribution < 1.29 is 0 Å². The Hall–Kier alpha value is -1.12. The zero-order valence-electron chi connectivity index (χ0n) is 10.8. The summed E-state index contributed by atoms with van der Waals surface area (Å²) in [5.74, 6) is 0. The highest BCUT2D eigenvalue weighted by atomic mass is 15.2. The van der Waals surface area contributed by atoms with Gasteiger partial charge in [-0.25, -0.2) is 0 Å². The molecule has 0 aromatic heterocycles. The lowest BCUT2D eigenvalue weighted by Gasteiger charge is -2.33. The average Bonchev–Trinajstić information content (AvgIpc) is 2.38. The van der Waals surface area contributed by atoms with Gasteiger partial charge in [0.1, 0.15) is 0 Å². The van der Waals surface area contributed by atoms with Gasteiger partial charge in [-0.15, -0.1) is 0 Å². The van der Waals surface area contributed by atoms with Crippen LogP contribution in [0, 0.1) is 0 Å². The van der Waals surface area contributed by atoms with E-state index in [0.717, 1.165) is 26.2 Å². The molecule has 1 unspecified atom stereocenters. The molecule has 1 N–H and O–H groups in total. The van der Waals surface area contributed by atoms with Gasteiger partial charge in [0, 0.05) is 32.2 Å². The van der Waals surface area contributed by atoms with Crippen molar-refractivity contribution in [1.82, 2.24) is 10.2 Å². The van der Waals surface area contributed by atoms with Crippen molar-refractivity contribution in [2.24, 2.45) is 0 Å². The number of nitrogens with zero attached hydrogens (tertiary/aromatic N) is 1. The Morgan fingerprint density at radius 3 is 2.82 bits per heavy atom. The average molecular weight is 230 g/mol. The molecule has 1 fully saturated rings. The largest absolute Gasteiger partial charge is 0.308 e. The highest BCUT2D eigenvalue weighted by molar-refractivity contribution is 5.19. The van der Waals surface area contributed by atoms with Gasteiger partial charge >= 0.3 is 0 Å². The quantitative estimate of drug-likeness (QED) is 0.803. The Morgan fingerprint density at radius 2 is 2.12 bits per heavy atom. The lowest BCUT2D eigenvalue weighted by molar-refractivity contribution is 0.219. The number of nitrogens with one attached hydrogen (secondary N) is 1. The first-order valence-corrected chi connectivity index (χ1v) is 6.40. The van der Waals surface area contributed by atoms with Crippen LogP contribution in [0.4, 0.5) is 0 Å². The summed E-state index contributed by atoms with van der Waals surface area (Å²) in [6.45, 7) is 8.73. The van der Waals surface area contributed by atoms with Gasteiger partial charge in [-0.1, -0.05) is 42.0 Å². The van der Waals surface area contributed by atoms with Crippen molar-refractivity contribution in [3.63, 3.8) is 0 Å². The molecule has 17 heavy (non-hydrogen) atoms. The first-order valence-electron chi connectivity index (χ1n) is 6.40. The van der Waals surface area contributed by atoms with E-state index in [2.05, 4.69) is 60.5 Å². The number of allylic oxidation sites excluding steroid dienone is 1. The summed E-state index contributed by atoms with van der Waals surface area (Å²) in [7, 11) is 0. The first-order chi connectivity index (χ1) is 8.25. The van der Waals surface area contributed by atoms with Gasteiger partial charge in [0.25, 0.3) is 0 Å². The molecule has 0 amide bonds. The van der Waals surface area contributed by atoms with Crippen molar-refractivity contribution in [3.8, 4) is 0 Å². The molecule has 1 heterocycles. The van der Waals surface area contributed by atoms with Crippen molar-refractivity contribution in [2.45, 2.75) is 19.9 Å². The maximum absolute atomic E-state index is 3.59. The molecule has 1 aromatic carbocycles. The molecule has 2 nitrogen and oxygen atoms in total. The molecule has 0 spiro atoms. The number of hydrogen-bond donors (Lipinski definition) is 1. The van der Waals surface area contributed by atoms with Crippen LogP contribution in [-0.2, 0) is 0 Å². The number of hydrogen-bond acceptors (Lipinski definition) is 2. The summed E-state index contributed by atoms with van der Waals surface area (Å²) >= 11 is 0. The van der Waals surface area contributed by atoms with E-state index in [-0.39, 0.29) is 0 Å². The molecule has 2 heteroatoms. The lowest BCUT2D eigenvalue weighted by Crippen LogP contribution is -2.45. The zero-order valence-corrected chi connectivity index (χ0v) is 10.8. The van der Waals surface area contributed by atoms with Crippen molar-refractivity contribution in [2.75, 3.05) is 26.2 Å². The van der Waals surface area contributed by atoms with Crippen molar-refractivity contribution in [1.29, 1.82) is 0 Å². The number of piperazine rings is 1. The molecular weight excluding hydrogens is 208 g/mol. The SMILES string of the molecule is CC(C)=CCN1CCNC(c2ccccc2)C1. The summed E-state index contributed by atoms with van der Waals surface area (Å²) < 4.78 is 0. The van der Waals surface area contributed by atoms with Gasteiger partial charge in [-0.05, 0) is 19.4 Å². The molecule has 1 aliphatic rings. The molecule has 1 aliphatic heterocycles. The minimum atomic E-state index is 0.482. The summed E-state index contributed by atoms with van der Waals surface area (Å²) in [5.41, 5.74) is 2.80. The van der Waals surface area contributed by atoms with Gasteiger partial charge in [0.2, 0.25) is 0 Å². The molecule has 0 bridgehead atoms. The fraction of sp³-hybridized carbons (Fsp3) is 0.467. The molecule has 1 saturated heterocycles. The minimum Gasteiger partial charge on any atom is -0.308 e. The Bertz CT molecular complexity index is 366. The molecule has 2 rings (SSSR count). The summed E-state index contributed by atoms with van der Waals surface area (Å²) in [6.07, 6.45) is 2.31. The monoisotopic (exact) mass is 230 g/mol. The molecule has 0 aliphatic carbocycles. The third-order valence-electron chi connectivity index (χ3n) is 3.22. The molecule has 0 radical (unpaired) electrons. The van der Waals surface area contributed by atoms with Gasteiger partial charge in [-0.2, -0.15) is 0 Å². The van der Waals surface area contributed by atoms with Crippen LogP contribution < -0.4 is 5.32 Å². The van der Waals surface area contributed by atoms with E-state index in [9.17, 15) is 0 Å². The topological polar surface area (TPSA) is 15.3 Å². The zero-order chi connectivity index (χ0) is 12.1. The summed E-state index contributed by atoms with van der Waals surface area (Å²) in [6, 6.07) is 11.2. The predicted molar refractivity (Wildman–Crippen MR) is 73.1 cm³/mol. The third kappa shape index (κ3) is 3.69. The fourth-order valence-corrected chi connectivity index (χ4v) is 2.20. The van der Waals surface area contributed by atoms with E-state index in [1.54, 1.807) is 0 Å². The number of benzene rings is 1. The maximum Gasteiger partial charge on any atom is 0.0449 e. The van der Waals surface area contributed by atoms with Crippen molar-refractivity contribution >= 4 is 0 Å². The second kappa shape index (κ2) is 5.99. The Morgan fingerprint density at radius 1 is 1.35 bits per heavy atom. The molecule has 0 saturated carbocycles. The van der Waals surface area contributed by atoms with E-state index < -0.39 is 0 Å². The smallest absolute Gasteiger partial charge is 0.0449 e. The Kier molecular flexibility index (Phi) is 4.35. The highest BCUT2D eigenvalue weighted by Crippen LogP contribution is 2.16. The normalized spacial score (nSPS) is 21.2. The molecular formula is C15H22N2. The van der Waals surface area contributed by atoms with E-state index in [4.69, 9.17) is 0 Å². The molecule has 1 aromatic rings. The fourth-order valence-electron chi connectivity index (χ4n) is 2.20. The Labute approximate surface area is 104 Å². The first kappa shape index (κ1) is 12.3. The standard InChI is InChI=1S/C15H22N2/c1-13(2)8-10-17-11-9-16-15(12-17)14-6-4-3-5-7-14/h3-8,15-16H,9-12H2,1-2H3. The second-order valence-corrected chi connectivity index (χ2v) is 4.96. The molecule has 92 valence electrons. The predicted octanol–water partition coefficient (Wildman–Crippen LogP) is 2.60. The van der Waals surface area contributed by atoms with Crippen LogP contribution in [-0.4, -0.2) is 31.1 Å².